The molecule has 0 aliphatic carbocycles. The van der Waals surface area contributed by atoms with Gasteiger partial charge in [0, 0.05) is 24.3 Å². The van der Waals surface area contributed by atoms with Crippen molar-refractivity contribution in [3.8, 4) is 0 Å². The van der Waals surface area contributed by atoms with Gasteiger partial charge in [0.25, 0.3) is 0 Å². The number of fused-ring (bicyclic) bond motifs is 1. The molecule has 0 radical (unpaired) electrons. The number of anilines is 1. The van der Waals surface area contributed by atoms with Crippen molar-refractivity contribution in [3.05, 3.63) is 29.8 Å². The van der Waals surface area contributed by atoms with E-state index in [4.69, 9.17) is 0 Å². The van der Waals surface area contributed by atoms with E-state index < -0.39 is 0 Å². The Kier molecular flexibility index (Phi) is 4.83. The number of para-hydroxylation sites is 1. The summed E-state index contributed by atoms with van der Waals surface area (Å²) >= 11 is 0. The lowest BCUT2D eigenvalue weighted by atomic mass is 9.96. The molecule has 1 aromatic carbocycles. The SMILES string of the molecule is CNC(C)(CO)CCCN1CCCc2ccccc21. The summed E-state index contributed by atoms with van der Waals surface area (Å²) < 4.78 is 0. The number of aliphatic hydroxyl groups is 1. The molecule has 0 spiro atoms. The van der Waals surface area contributed by atoms with Gasteiger partial charge in [-0.1, -0.05) is 18.2 Å². The zero-order valence-corrected chi connectivity index (χ0v) is 12.2. The van der Waals surface area contributed by atoms with Crippen LogP contribution in [0.1, 0.15) is 31.7 Å². The van der Waals surface area contributed by atoms with E-state index in [0.717, 1.165) is 25.9 Å². The third-order valence-corrected chi connectivity index (χ3v) is 4.32. The van der Waals surface area contributed by atoms with Crippen molar-refractivity contribution in [1.29, 1.82) is 0 Å². The van der Waals surface area contributed by atoms with E-state index in [-0.39, 0.29) is 12.1 Å². The molecule has 0 saturated heterocycles. The largest absolute Gasteiger partial charge is 0.394 e. The number of aryl methyl sites for hydroxylation is 1. The Balaban J connectivity index is 1.91. The molecule has 0 bridgehead atoms. The molecule has 1 aliphatic rings. The van der Waals surface area contributed by atoms with E-state index in [1.807, 2.05) is 7.05 Å². The molecule has 1 atom stereocenters. The summed E-state index contributed by atoms with van der Waals surface area (Å²) in [5.41, 5.74) is 2.74. The number of benzene rings is 1. The number of hydrogen-bond acceptors (Lipinski definition) is 3. The molecule has 3 nitrogen and oxygen atoms in total. The van der Waals surface area contributed by atoms with Crippen molar-refractivity contribution in [1.82, 2.24) is 5.32 Å². The minimum absolute atomic E-state index is 0.144. The average molecular weight is 262 g/mol. The Morgan fingerprint density at radius 1 is 1.37 bits per heavy atom. The van der Waals surface area contributed by atoms with Crippen molar-refractivity contribution in [2.45, 2.75) is 38.1 Å². The average Bonchev–Trinajstić information content (AvgIpc) is 2.47. The van der Waals surface area contributed by atoms with Crippen LogP contribution >= 0.6 is 0 Å². The molecule has 106 valence electrons. The summed E-state index contributed by atoms with van der Waals surface area (Å²) in [5, 5.41) is 12.6. The minimum atomic E-state index is -0.144. The second-order valence-corrected chi connectivity index (χ2v) is 5.79. The first kappa shape index (κ1) is 14.4. The van der Waals surface area contributed by atoms with Crippen LogP contribution in [0.4, 0.5) is 5.69 Å². The van der Waals surface area contributed by atoms with Crippen molar-refractivity contribution in [2.75, 3.05) is 31.6 Å². The van der Waals surface area contributed by atoms with E-state index in [0.29, 0.717) is 0 Å². The maximum atomic E-state index is 9.40. The number of likely N-dealkylation sites (N-methyl/N-ethyl adjacent to an activating group) is 1. The molecule has 0 aromatic heterocycles. The first-order valence-electron chi connectivity index (χ1n) is 7.31. The fourth-order valence-corrected chi connectivity index (χ4v) is 2.79. The molecule has 19 heavy (non-hydrogen) atoms. The van der Waals surface area contributed by atoms with E-state index >= 15 is 0 Å². The molecule has 0 fully saturated rings. The predicted molar refractivity (Wildman–Crippen MR) is 80.8 cm³/mol. The summed E-state index contributed by atoms with van der Waals surface area (Å²) in [6.07, 6.45) is 4.56. The van der Waals surface area contributed by atoms with Gasteiger partial charge in [-0.25, -0.2) is 0 Å². The Morgan fingerprint density at radius 3 is 2.89 bits per heavy atom. The van der Waals surface area contributed by atoms with E-state index in [9.17, 15) is 5.11 Å². The highest BCUT2D eigenvalue weighted by Crippen LogP contribution is 2.27. The Labute approximate surface area is 116 Å². The predicted octanol–water partition coefficient (Wildman–Crippen LogP) is 2.19. The molecule has 3 heteroatoms. The summed E-state index contributed by atoms with van der Waals surface area (Å²) in [6.45, 7) is 4.51. The summed E-state index contributed by atoms with van der Waals surface area (Å²) in [4.78, 5) is 2.49. The van der Waals surface area contributed by atoms with Gasteiger partial charge in [0.05, 0.1) is 6.61 Å². The first-order chi connectivity index (χ1) is 9.18. The minimum Gasteiger partial charge on any atom is -0.394 e. The lowest BCUT2D eigenvalue weighted by molar-refractivity contribution is 0.172. The highest BCUT2D eigenvalue weighted by atomic mass is 16.3. The highest BCUT2D eigenvalue weighted by molar-refractivity contribution is 5.55. The van der Waals surface area contributed by atoms with Gasteiger partial charge in [0.2, 0.25) is 0 Å². The first-order valence-corrected chi connectivity index (χ1v) is 7.31. The van der Waals surface area contributed by atoms with E-state index in [2.05, 4.69) is 41.4 Å². The molecule has 1 aromatic rings. The fraction of sp³-hybridized carbons (Fsp3) is 0.625. The van der Waals surface area contributed by atoms with Crippen molar-refractivity contribution in [3.63, 3.8) is 0 Å². The standard InChI is InChI=1S/C16H26N2O/c1-16(13-19,17-2)10-6-12-18-11-5-8-14-7-3-4-9-15(14)18/h3-4,7,9,17,19H,5-6,8,10-13H2,1-2H3. The van der Waals surface area contributed by atoms with E-state index in [1.54, 1.807) is 0 Å². The molecule has 2 N–H and O–H groups in total. The molecule has 0 saturated carbocycles. The highest BCUT2D eigenvalue weighted by Gasteiger charge is 2.21. The van der Waals surface area contributed by atoms with Gasteiger partial charge in [-0.2, -0.15) is 0 Å². The van der Waals surface area contributed by atoms with Crippen LogP contribution in [0, 0.1) is 0 Å². The second-order valence-electron chi connectivity index (χ2n) is 5.79. The van der Waals surface area contributed by atoms with Crippen LogP contribution in [-0.2, 0) is 6.42 Å². The normalized spacial score (nSPS) is 17.9. The van der Waals surface area contributed by atoms with Crippen LogP contribution in [0.25, 0.3) is 0 Å². The number of nitrogens with one attached hydrogen (secondary N) is 1. The van der Waals surface area contributed by atoms with Gasteiger partial charge in [0.15, 0.2) is 0 Å². The molecule has 2 rings (SSSR count). The third kappa shape index (κ3) is 3.48. The number of hydrogen-bond donors (Lipinski definition) is 2. The van der Waals surface area contributed by atoms with Gasteiger partial charge in [-0.3, -0.25) is 0 Å². The number of aliphatic hydroxyl groups excluding tert-OH is 1. The Bertz CT molecular complexity index is 401. The summed E-state index contributed by atoms with van der Waals surface area (Å²) in [5.74, 6) is 0. The fourth-order valence-electron chi connectivity index (χ4n) is 2.79. The van der Waals surface area contributed by atoms with Crippen LogP contribution in [0.3, 0.4) is 0 Å². The van der Waals surface area contributed by atoms with Crippen LogP contribution < -0.4 is 10.2 Å². The summed E-state index contributed by atoms with van der Waals surface area (Å²) in [7, 11) is 1.92. The van der Waals surface area contributed by atoms with Gasteiger partial charge in [-0.15, -0.1) is 0 Å². The molecular formula is C16H26N2O. The number of nitrogens with zero attached hydrogens (tertiary/aromatic N) is 1. The van der Waals surface area contributed by atoms with Crippen LogP contribution in [-0.4, -0.2) is 37.4 Å². The zero-order valence-electron chi connectivity index (χ0n) is 12.2. The topological polar surface area (TPSA) is 35.5 Å². The quantitative estimate of drug-likeness (QED) is 0.825. The van der Waals surface area contributed by atoms with Crippen molar-refractivity contribution in [2.24, 2.45) is 0 Å². The third-order valence-electron chi connectivity index (χ3n) is 4.32. The second kappa shape index (κ2) is 6.40. The smallest absolute Gasteiger partial charge is 0.0610 e. The summed E-state index contributed by atoms with van der Waals surface area (Å²) in [6, 6.07) is 8.74. The monoisotopic (exact) mass is 262 g/mol. The maximum absolute atomic E-state index is 9.40. The lowest BCUT2D eigenvalue weighted by Crippen LogP contribution is -2.44. The van der Waals surface area contributed by atoms with Gasteiger partial charge in [-0.05, 0) is 51.3 Å². The molecular weight excluding hydrogens is 236 g/mol. The molecule has 1 aliphatic heterocycles. The molecule has 0 amide bonds. The van der Waals surface area contributed by atoms with Crippen LogP contribution in [0.5, 0.6) is 0 Å². The maximum Gasteiger partial charge on any atom is 0.0610 e. The molecule has 1 heterocycles. The number of rotatable bonds is 6. The Hall–Kier alpha value is -1.06. The van der Waals surface area contributed by atoms with Crippen LogP contribution in [0.15, 0.2) is 24.3 Å². The van der Waals surface area contributed by atoms with Gasteiger partial charge in [0.1, 0.15) is 0 Å². The van der Waals surface area contributed by atoms with Gasteiger partial charge >= 0.3 is 0 Å². The van der Waals surface area contributed by atoms with E-state index in [1.165, 1.54) is 24.1 Å². The molecule has 1 unspecified atom stereocenters. The van der Waals surface area contributed by atoms with Crippen molar-refractivity contribution >= 4 is 5.69 Å². The van der Waals surface area contributed by atoms with Crippen molar-refractivity contribution < 1.29 is 5.11 Å². The van der Waals surface area contributed by atoms with Crippen LogP contribution in [0.2, 0.25) is 0 Å². The van der Waals surface area contributed by atoms with Gasteiger partial charge < -0.3 is 15.3 Å². The zero-order chi connectivity index (χ0) is 13.7. The lowest BCUT2D eigenvalue weighted by Gasteiger charge is -2.33. The Morgan fingerprint density at radius 2 is 2.16 bits per heavy atom.